The number of benzene rings is 8. The number of fused-ring (bicyclic) bond motifs is 6. The van der Waals surface area contributed by atoms with Crippen LogP contribution in [0.1, 0.15) is 12.5 Å². The lowest BCUT2D eigenvalue weighted by atomic mass is 9.96. The number of aromatic nitrogens is 5. The third-order valence-electron chi connectivity index (χ3n) is 12.3. The second-order valence-corrected chi connectivity index (χ2v) is 16.0. The van der Waals surface area contributed by atoms with Crippen molar-refractivity contribution in [2.45, 2.75) is 12.5 Å². The molecule has 0 radical (unpaired) electrons. The summed E-state index contributed by atoms with van der Waals surface area (Å²) in [4.78, 5) is 15.1. The first-order valence-corrected chi connectivity index (χ1v) is 21.2. The Morgan fingerprint density at radius 1 is 0.387 bits per heavy atom. The van der Waals surface area contributed by atoms with Gasteiger partial charge in [0, 0.05) is 49.4 Å². The van der Waals surface area contributed by atoms with Crippen LogP contribution in [0, 0.1) is 0 Å². The molecule has 1 unspecified atom stereocenters. The number of nitrogens with zero attached hydrogens (tertiary/aromatic N) is 5. The Labute approximate surface area is 359 Å². The molecule has 11 aromatic rings. The minimum atomic E-state index is 0.198. The fraction of sp³-hybridized carbons (Fsp3) is 0.0351. The van der Waals surface area contributed by atoms with Gasteiger partial charge in [-0.05, 0) is 77.2 Å². The van der Waals surface area contributed by atoms with E-state index < -0.39 is 0 Å². The molecular formula is C57H39N5. The summed E-state index contributed by atoms with van der Waals surface area (Å²) in [6, 6.07) is 69.3. The van der Waals surface area contributed by atoms with Crippen molar-refractivity contribution >= 4 is 43.6 Å². The topological polar surface area (TPSA) is 48.5 Å². The van der Waals surface area contributed by atoms with E-state index in [0.717, 1.165) is 34.4 Å². The van der Waals surface area contributed by atoms with Crippen molar-refractivity contribution in [3.8, 4) is 62.1 Å². The molecule has 0 N–H and O–H groups in total. The largest absolute Gasteiger partial charge is 0.333 e. The van der Waals surface area contributed by atoms with Crippen LogP contribution in [-0.4, -0.2) is 24.1 Å². The van der Waals surface area contributed by atoms with Crippen LogP contribution in [0.4, 0.5) is 0 Å². The normalized spacial score (nSPS) is 13.8. The van der Waals surface area contributed by atoms with Crippen LogP contribution >= 0.6 is 0 Å². The van der Waals surface area contributed by atoms with Crippen molar-refractivity contribution in [1.82, 2.24) is 24.1 Å². The van der Waals surface area contributed by atoms with Crippen LogP contribution in [-0.2, 0) is 0 Å². The Bertz CT molecular complexity index is 3480. The van der Waals surface area contributed by atoms with Crippen molar-refractivity contribution in [2.24, 2.45) is 0 Å². The second kappa shape index (κ2) is 14.8. The van der Waals surface area contributed by atoms with E-state index >= 15 is 0 Å². The van der Waals surface area contributed by atoms with E-state index in [0.29, 0.717) is 17.5 Å². The quantitative estimate of drug-likeness (QED) is 0.161. The van der Waals surface area contributed by atoms with Crippen molar-refractivity contribution in [2.75, 3.05) is 0 Å². The van der Waals surface area contributed by atoms with E-state index in [4.69, 9.17) is 15.0 Å². The standard InChI is InChI=1S/C57H39N5/c1-5-17-38(18-6-1)55-58-56(39-19-7-2-8-20-39)60-57(59-55)43-22-15-21-42(35-43)46-28-16-30-52-54(46)49-36-40(32-34-51(49)61(52)44-23-9-3-10-24-44)41-31-33-48-47-27-13-14-29-50(47)62(53(48)37-41)45-25-11-4-12-26-45/h1-23,25-37,44H,24H2. The molecule has 0 amide bonds. The fourth-order valence-electron chi connectivity index (χ4n) is 9.41. The average molecular weight is 794 g/mol. The number of rotatable bonds is 7. The molecule has 5 heteroatoms. The summed E-state index contributed by atoms with van der Waals surface area (Å²) in [5.74, 6) is 1.93. The minimum absolute atomic E-state index is 0.198. The highest BCUT2D eigenvalue weighted by Crippen LogP contribution is 2.43. The third-order valence-corrected chi connectivity index (χ3v) is 12.3. The van der Waals surface area contributed by atoms with Gasteiger partial charge in [-0.1, -0.05) is 170 Å². The summed E-state index contributed by atoms with van der Waals surface area (Å²) in [5, 5.41) is 4.95. The van der Waals surface area contributed by atoms with Gasteiger partial charge in [-0.3, -0.25) is 0 Å². The maximum absolute atomic E-state index is 5.08. The Kier molecular flexibility index (Phi) is 8.56. The fourth-order valence-corrected chi connectivity index (χ4v) is 9.41. The van der Waals surface area contributed by atoms with E-state index in [1.165, 1.54) is 60.3 Å². The van der Waals surface area contributed by atoms with Crippen LogP contribution in [0.5, 0.6) is 0 Å². The molecule has 62 heavy (non-hydrogen) atoms. The van der Waals surface area contributed by atoms with E-state index in [1.54, 1.807) is 0 Å². The Morgan fingerprint density at radius 2 is 0.984 bits per heavy atom. The number of allylic oxidation sites excluding steroid dienone is 4. The maximum Gasteiger partial charge on any atom is 0.164 e. The predicted octanol–water partition coefficient (Wildman–Crippen LogP) is 14.5. The van der Waals surface area contributed by atoms with Crippen molar-refractivity contribution in [3.63, 3.8) is 0 Å². The van der Waals surface area contributed by atoms with Gasteiger partial charge >= 0.3 is 0 Å². The smallest absolute Gasteiger partial charge is 0.164 e. The summed E-state index contributed by atoms with van der Waals surface area (Å²) in [6.45, 7) is 0. The van der Waals surface area contributed by atoms with E-state index in [9.17, 15) is 0 Å². The highest BCUT2D eigenvalue weighted by molar-refractivity contribution is 6.16. The first-order valence-electron chi connectivity index (χ1n) is 21.2. The summed E-state index contributed by atoms with van der Waals surface area (Å²) in [7, 11) is 0. The molecule has 1 aliphatic rings. The molecule has 0 aliphatic heterocycles. The zero-order valence-corrected chi connectivity index (χ0v) is 33.8. The van der Waals surface area contributed by atoms with Gasteiger partial charge in [-0.25, -0.2) is 15.0 Å². The molecule has 3 aromatic heterocycles. The predicted molar refractivity (Wildman–Crippen MR) is 256 cm³/mol. The lowest BCUT2D eigenvalue weighted by Crippen LogP contribution is -2.06. The number of para-hydroxylation sites is 2. The molecular weight excluding hydrogens is 755 g/mol. The number of hydrogen-bond donors (Lipinski definition) is 0. The Morgan fingerprint density at radius 3 is 1.73 bits per heavy atom. The molecule has 8 aromatic carbocycles. The third kappa shape index (κ3) is 6.05. The zero-order chi connectivity index (χ0) is 41.0. The van der Waals surface area contributed by atoms with Gasteiger partial charge in [0.2, 0.25) is 0 Å². The first kappa shape index (κ1) is 35.8. The molecule has 3 heterocycles. The van der Waals surface area contributed by atoms with Crippen LogP contribution in [0.3, 0.4) is 0 Å². The van der Waals surface area contributed by atoms with E-state index in [2.05, 4.69) is 167 Å². The highest BCUT2D eigenvalue weighted by Gasteiger charge is 2.22. The van der Waals surface area contributed by atoms with Gasteiger partial charge in [-0.2, -0.15) is 0 Å². The van der Waals surface area contributed by atoms with Gasteiger partial charge in [-0.15, -0.1) is 0 Å². The maximum atomic E-state index is 5.08. The second-order valence-electron chi connectivity index (χ2n) is 16.0. The van der Waals surface area contributed by atoms with Gasteiger partial charge in [0.15, 0.2) is 17.5 Å². The van der Waals surface area contributed by atoms with Gasteiger partial charge in [0.05, 0.1) is 22.6 Å². The summed E-state index contributed by atoms with van der Waals surface area (Å²) in [5.41, 5.74) is 13.4. The molecule has 1 atom stereocenters. The molecule has 0 saturated heterocycles. The molecule has 0 fully saturated rings. The highest BCUT2D eigenvalue weighted by atomic mass is 15.0. The average Bonchev–Trinajstić information content (AvgIpc) is 3.87. The molecule has 5 nitrogen and oxygen atoms in total. The molecule has 0 bridgehead atoms. The van der Waals surface area contributed by atoms with Crippen LogP contribution in [0.2, 0.25) is 0 Å². The summed E-state index contributed by atoms with van der Waals surface area (Å²) >= 11 is 0. The summed E-state index contributed by atoms with van der Waals surface area (Å²) < 4.78 is 4.92. The first-order chi connectivity index (χ1) is 30.7. The Hall–Kier alpha value is -8.15. The molecule has 0 saturated carbocycles. The van der Waals surface area contributed by atoms with Crippen molar-refractivity contribution < 1.29 is 0 Å². The van der Waals surface area contributed by atoms with E-state index in [-0.39, 0.29) is 6.04 Å². The lowest BCUT2D eigenvalue weighted by molar-refractivity contribution is 0.648. The zero-order valence-electron chi connectivity index (χ0n) is 33.8. The molecule has 0 spiro atoms. The van der Waals surface area contributed by atoms with Gasteiger partial charge in [0.25, 0.3) is 0 Å². The van der Waals surface area contributed by atoms with E-state index in [1.807, 2.05) is 60.7 Å². The monoisotopic (exact) mass is 793 g/mol. The Balaban J connectivity index is 1.05. The van der Waals surface area contributed by atoms with Crippen molar-refractivity contribution in [1.29, 1.82) is 0 Å². The van der Waals surface area contributed by atoms with Crippen molar-refractivity contribution in [3.05, 3.63) is 218 Å². The van der Waals surface area contributed by atoms with Crippen LogP contribution in [0.25, 0.3) is 106 Å². The van der Waals surface area contributed by atoms with Gasteiger partial charge in [0.1, 0.15) is 0 Å². The minimum Gasteiger partial charge on any atom is -0.333 e. The SMILES string of the molecule is C1=CCC(n2c3ccc(-c4ccc5c6ccccc6n(-c6ccccc6)c5c4)cc3c3c(-c4cccc(-c5nc(-c6ccccc6)nc(-c6ccccc6)n5)c4)cccc32)C=C1. The van der Waals surface area contributed by atoms with Crippen LogP contribution in [0.15, 0.2) is 218 Å². The van der Waals surface area contributed by atoms with Gasteiger partial charge < -0.3 is 9.13 Å². The molecule has 1 aliphatic carbocycles. The lowest BCUT2D eigenvalue weighted by Gasteiger charge is -2.18. The van der Waals surface area contributed by atoms with Crippen LogP contribution < -0.4 is 0 Å². The summed E-state index contributed by atoms with van der Waals surface area (Å²) in [6.07, 6.45) is 9.86. The molecule has 292 valence electrons. The number of hydrogen-bond acceptors (Lipinski definition) is 3. The molecule has 12 rings (SSSR count).